The molecular weight excluding hydrogens is 280 g/mol. The van der Waals surface area contributed by atoms with Crippen LogP contribution in [0.4, 0.5) is 5.69 Å². The summed E-state index contributed by atoms with van der Waals surface area (Å²) < 4.78 is 5.30. The summed E-state index contributed by atoms with van der Waals surface area (Å²) in [5, 5.41) is 15.8. The van der Waals surface area contributed by atoms with Crippen LogP contribution in [0.25, 0.3) is 11.3 Å². The quantitative estimate of drug-likeness (QED) is 0.797. The Kier molecular flexibility index (Phi) is 3.62. The Hall–Kier alpha value is -2.70. The highest BCUT2D eigenvalue weighted by molar-refractivity contribution is 5.63. The fourth-order valence-corrected chi connectivity index (χ4v) is 1.92. The molecule has 0 bridgehead atoms. The van der Waals surface area contributed by atoms with Gasteiger partial charge in [-0.15, -0.1) is 10.2 Å². The van der Waals surface area contributed by atoms with E-state index < -0.39 is 0 Å². The maximum absolute atomic E-state index is 5.30. The zero-order chi connectivity index (χ0) is 15.6. The van der Waals surface area contributed by atoms with Crippen LogP contribution in [0.5, 0.6) is 0 Å². The topological polar surface area (TPSA) is 81.7 Å². The number of nitrogens with zero attached hydrogens (tertiary/aromatic N) is 5. The highest BCUT2D eigenvalue weighted by atomic mass is 16.3. The molecule has 114 valence electrons. The second-order valence-electron chi connectivity index (χ2n) is 5.97. The van der Waals surface area contributed by atoms with Gasteiger partial charge in [-0.1, -0.05) is 12.1 Å². The average Bonchev–Trinajstić information content (AvgIpc) is 3.16. The second kappa shape index (κ2) is 5.59. The summed E-state index contributed by atoms with van der Waals surface area (Å²) in [5.74, 6) is 1.39. The van der Waals surface area contributed by atoms with Crippen LogP contribution < -0.4 is 5.32 Å². The normalized spacial score (nSPS) is 11.6. The van der Waals surface area contributed by atoms with E-state index in [1.807, 2.05) is 45.0 Å². The lowest BCUT2D eigenvalue weighted by Crippen LogP contribution is -2.24. The van der Waals surface area contributed by atoms with Crippen LogP contribution in [-0.4, -0.2) is 25.2 Å². The van der Waals surface area contributed by atoms with Gasteiger partial charge >= 0.3 is 0 Å². The van der Waals surface area contributed by atoms with Gasteiger partial charge in [0, 0.05) is 11.3 Å². The molecule has 0 saturated heterocycles. The van der Waals surface area contributed by atoms with Gasteiger partial charge in [-0.3, -0.25) is 0 Å². The second-order valence-corrected chi connectivity index (χ2v) is 5.97. The fraction of sp³-hybridized carbons (Fsp3) is 0.333. The van der Waals surface area contributed by atoms with Gasteiger partial charge in [0.25, 0.3) is 0 Å². The number of tetrazole rings is 1. The standard InChI is InChI=1S/C15H18N6O/c1-15(2,3)21-19-14(18-20-21)9-17-12-6-4-5-11(7-12)13-8-16-10-22-13/h4-8,10,17H,9H2,1-3H3. The van der Waals surface area contributed by atoms with Gasteiger partial charge in [-0.2, -0.15) is 4.80 Å². The largest absolute Gasteiger partial charge is 0.444 e. The Bertz CT molecular complexity index is 741. The lowest BCUT2D eigenvalue weighted by molar-refractivity contribution is 0.305. The molecular formula is C15H18N6O. The van der Waals surface area contributed by atoms with Crippen molar-refractivity contribution in [2.24, 2.45) is 0 Å². The molecule has 0 aliphatic rings. The molecule has 0 radical (unpaired) electrons. The van der Waals surface area contributed by atoms with Gasteiger partial charge in [0.05, 0.1) is 18.3 Å². The Balaban J connectivity index is 1.69. The number of benzene rings is 1. The summed E-state index contributed by atoms with van der Waals surface area (Å²) in [5.41, 5.74) is 1.76. The van der Waals surface area contributed by atoms with Crippen LogP contribution in [0.15, 0.2) is 41.3 Å². The summed E-state index contributed by atoms with van der Waals surface area (Å²) in [7, 11) is 0. The highest BCUT2D eigenvalue weighted by Gasteiger charge is 2.16. The summed E-state index contributed by atoms with van der Waals surface area (Å²) in [4.78, 5) is 5.55. The minimum atomic E-state index is -0.169. The van der Waals surface area contributed by atoms with E-state index in [4.69, 9.17) is 4.42 Å². The molecule has 1 N–H and O–H groups in total. The molecule has 0 fully saturated rings. The van der Waals surface area contributed by atoms with Crippen LogP contribution in [0.2, 0.25) is 0 Å². The first-order valence-electron chi connectivity index (χ1n) is 7.04. The van der Waals surface area contributed by atoms with Gasteiger partial charge in [-0.25, -0.2) is 4.98 Å². The molecule has 0 spiro atoms. The van der Waals surface area contributed by atoms with Crippen LogP contribution in [0.3, 0.4) is 0 Å². The minimum Gasteiger partial charge on any atom is -0.444 e. The van der Waals surface area contributed by atoms with Crippen molar-refractivity contribution >= 4 is 5.69 Å². The van der Waals surface area contributed by atoms with Crippen molar-refractivity contribution in [3.63, 3.8) is 0 Å². The van der Waals surface area contributed by atoms with Gasteiger partial charge in [-0.05, 0) is 38.1 Å². The first kappa shape index (κ1) is 14.2. The van der Waals surface area contributed by atoms with Crippen molar-refractivity contribution in [2.75, 3.05) is 5.32 Å². The Morgan fingerprint density at radius 2 is 2.14 bits per heavy atom. The molecule has 1 aromatic carbocycles. The maximum atomic E-state index is 5.30. The fourth-order valence-electron chi connectivity index (χ4n) is 1.92. The summed E-state index contributed by atoms with van der Waals surface area (Å²) >= 11 is 0. The predicted molar refractivity (Wildman–Crippen MR) is 82.1 cm³/mol. The molecule has 2 aromatic heterocycles. The number of anilines is 1. The van der Waals surface area contributed by atoms with E-state index in [0.29, 0.717) is 12.4 Å². The molecule has 0 aliphatic heterocycles. The molecule has 22 heavy (non-hydrogen) atoms. The van der Waals surface area contributed by atoms with E-state index in [-0.39, 0.29) is 5.54 Å². The predicted octanol–water partition coefficient (Wildman–Crippen LogP) is 2.70. The van der Waals surface area contributed by atoms with Gasteiger partial charge < -0.3 is 9.73 Å². The number of aromatic nitrogens is 5. The van der Waals surface area contributed by atoms with Crippen molar-refractivity contribution in [1.29, 1.82) is 0 Å². The molecule has 7 nitrogen and oxygen atoms in total. The maximum Gasteiger partial charge on any atom is 0.193 e. The number of rotatable bonds is 4. The Morgan fingerprint density at radius 1 is 1.27 bits per heavy atom. The SMILES string of the molecule is CC(C)(C)n1nnc(CNc2cccc(-c3cnco3)c2)n1. The third kappa shape index (κ3) is 3.13. The first-order valence-corrected chi connectivity index (χ1v) is 7.04. The number of hydrogen-bond donors (Lipinski definition) is 1. The number of hydrogen-bond acceptors (Lipinski definition) is 6. The van der Waals surface area contributed by atoms with Crippen LogP contribution in [-0.2, 0) is 12.1 Å². The molecule has 0 saturated carbocycles. The van der Waals surface area contributed by atoms with E-state index in [2.05, 4.69) is 25.7 Å². The van der Waals surface area contributed by atoms with Crippen molar-refractivity contribution < 1.29 is 4.42 Å². The third-order valence-corrected chi connectivity index (χ3v) is 3.09. The number of oxazole rings is 1. The summed E-state index contributed by atoms with van der Waals surface area (Å²) in [6.45, 7) is 6.61. The van der Waals surface area contributed by atoms with E-state index in [0.717, 1.165) is 17.0 Å². The van der Waals surface area contributed by atoms with Gasteiger partial charge in [0.15, 0.2) is 18.0 Å². The van der Waals surface area contributed by atoms with Gasteiger partial charge in [0.2, 0.25) is 0 Å². The zero-order valence-electron chi connectivity index (χ0n) is 12.8. The smallest absolute Gasteiger partial charge is 0.193 e. The van der Waals surface area contributed by atoms with Crippen molar-refractivity contribution in [2.45, 2.75) is 32.9 Å². The van der Waals surface area contributed by atoms with Crippen LogP contribution >= 0.6 is 0 Å². The lowest BCUT2D eigenvalue weighted by atomic mass is 10.1. The highest BCUT2D eigenvalue weighted by Crippen LogP contribution is 2.22. The van der Waals surface area contributed by atoms with Crippen LogP contribution in [0, 0.1) is 0 Å². The third-order valence-electron chi connectivity index (χ3n) is 3.09. The molecule has 0 unspecified atom stereocenters. The summed E-state index contributed by atoms with van der Waals surface area (Å²) in [6.07, 6.45) is 3.11. The summed E-state index contributed by atoms with van der Waals surface area (Å²) in [6, 6.07) is 7.90. The monoisotopic (exact) mass is 298 g/mol. The van der Waals surface area contributed by atoms with Crippen molar-refractivity contribution in [3.05, 3.63) is 42.7 Å². The molecule has 2 heterocycles. The van der Waals surface area contributed by atoms with Crippen molar-refractivity contribution in [1.82, 2.24) is 25.2 Å². The van der Waals surface area contributed by atoms with Gasteiger partial charge in [0.1, 0.15) is 0 Å². The van der Waals surface area contributed by atoms with E-state index in [9.17, 15) is 0 Å². The Labute approximate surface area is 128 Å². The minimum absolute atomic E-state index is 0.169. The zero-order valence-corrected chi connectivity index (χ0v) is 12.8. The Morgan fingerprint density at radius 3 is 2.82 bits per heavy atom. The molecule has 3 aromatic rings. The molecule has 7 heteroatoms. The van der Waals surface area contributed by atoms with Crippen LogP contribution in [0.1, 0.15) is 26.6 Å². The van der Waals surface area contributed by atoms with Crippen molar-refractivity contribution in [3.8, 4) is 11.3 Å². The van der Waals surface area contributed by atoms with E-state index in [1.54, 1.807) is 11.0 Å². The van der Waals surface area contributed by atoms with E-state index >= 15 is 0 Å². The molecule has 0 amide bonds. The van der Waals surface area contributed by atoms with E-state index in [1.165, 1.54) is 6.39 Å². The molecule has 0 aliphatic carbocycles. The lowest BCUT2D eigenvalue weighted by Gasteiger charge is -2.15. The average molecular weight is 298 g/mol. The number of nitrogens with one attached hydrogen (secondary N) is 1. The first-order chi connectivity index (χ1) is 10.5. The molecule has 3 rings (SSSR count). The molecule has 0 atom stereocenters.